The fraction of sp³-hybridized carbons (Fsp3) is 0.500. The standard InChI is InChI=1S/C8H10O.C4H10O.3FH/c1-2-9-8-6-4-3-5-7-8;1-3-5-4-2;;;/h3-7H,2H2,1H3;3-4H2,1-2H3;3*1H. The molecule has 17 heavy (non-hydrogen) atoms. The first-order valence-corrected chi connectivity index (χ1v) is 5.10. The fourth-order valence-electron chi connectivity index (χ4n) is 0.888. The van der Waals surface area contributed by atoms with E-state index in [4.69, 9.17) is 9.47 Å². The lowest BCUT2D eigenvalue weighted by molar-refractivity contribution is 0.162. The highest BCUT2D eigenvalue weighted by atomic mass is 19.0. The topological polar surface area (TPSA) is 18.5 Å². The van der Waals surface area contributed by atoms with Crippen LogP contribution in [-0.4, -0.2) is 19.8 Å². The van der Waals surface area contributed by atoms with Crippen molar-refractivity contribution in [2.45, 2.75) is 20.8 Å². The van der Waals surface area contributed by atoms with Gasteiger partial charge in [0.2, 0.25) is 0 Å². The second-order valence-electron chi connectivity index (χ2n) is 2.53. The third kappa shape index (κ3) is 17.4. The van der Waals surface area contributed by atoms with Crippen LogP contribution in [0.1, 0.15) is 20.8 Å². The average molecular weight is 256 g/mol. The van der Waals surface area contributed by atoms with Crippen molar-refractivity contribution in [1.82, 2.24) is 0 Å². The summed E-state index contributed by atoms with van der Waals surface area (Å²) >= 11 is 0. The number of benzene rings is 1. The Morgan fingerprint density at radius 3 is 1.53 bits per heavy atom. The van der Waals surface area contributed by atoms with Crippen LogP contribution < -0.4 is 4.74 Å². The van der Waals surface area contributed by atoms with Crippen molar-refractivity contribution in [3.63, 3.8) is 0 Å². The summed E-state index contributed by atoms with van der Waals surface area (Å²) in [7, 11) is 0. The van der Waals surface area contributed by atoms with Crippen LogP contribution in [0.4, 0.5) is 14.1 Å². The van der Waals surface area contributed by atoms with Gasteiger partial charge in [-0.3, -0.25) is 14.1 Å². The van der Waals surface area contributed by atoms with Gasteiger partial charge in [-0.15, -0.1) is 0 Å². The van der Waals surface area contributed by atoms with Crippen LogP contribution in [0.2, 0.25) is 0 Å². The molecule has 0 fully saturated rings. The van der Waals surface area contributed by atoms with Gasteiger partial charge in [-0.05, 0) is 32.9 Å². The molecule has 0 aromatic heterocycles. The molecule has 1 aromatic carbocycles. The van der Waals surface area contributed by atoms with E-state index >= 15 is 0 Å². The number of ether oxygens (including phenoxy) is 2. The van der Waals surface area contributed by atoms with Crippen molar-refractivity contribution < 1.29 is 23.6 Å². The van der Waals surface area contributed by atoms with Crippen molar-refractivity contribution in [2.75, 3.05) is 19.8 Å². The van der Waals surface area contributed by atoms with Crippen LogP contribution in [0, 0.1) is 0 Å². The molecule has 104 valence electrons. The van der Waals surface area contributed by atoms with Gasteiger partial charge >= 0.3 is 0 Å². The lowest BCUT2D eigenvalue weighted by Gasteiger charge is -1.99. The van der Waals surface area contributed by atoms with Crippen molar-refractivity contribution in [1.29, 1.82) is 0 Å². The quantitative estimate of drug-likeness (QED) is 0.819. The molecule has 0 unspecified atom stereocenters. The summed E-state index contributed by atoms with van der Waals surface area (Å²) in [6.45, 7) is 8.39. The van der Waals surface area contributed by atoms with E-state index in [0.29, 0.717) is 0 Å². The van der Waals surface area contributed by atoms with Gasteiger partial charge in [0.05, 0.1) is 6.61 Å². The van der Waals surface area contributed by atoms with E-state index in [9.17, 15) is 0 Å². The smallest absolute Gasteiger partial charge is 0.119 e. The van der Waals surface area contributed by atoms with E-state index in [2.05, 4.69) is 0 Å². The first-order valence-electron chi connectivity index (χ1n) is 5.10. The Labute approximate surface area is 101 Å². The summed E-state index contributed by atoms with van der Waals surface area (Å²) in [4.78, 5) is 0. The molecule has 0 saturated heterocycles. The fourth-order valence-corrected chi connectivity index (χ4v) is 0.888. The molecular weight excluding hydrogens is 233 g/mol. The van der Waals surface area contributed by atoms with Crippen LogP contribution in [0.15, 0.2) is 30.3 Å². The molecule has 0 spiro atoms. The highest BCUT2D eigenvalue weighted by molar-refractivity contribution is 5.20. The Balaban J connectivity index is -0.0000000948. The Morgan fingerprint density at radius 1 is 0.765 bits per heavy atom. The molecule has 0 aliphatic heterocycles. The molecule has 1 rings (SSSR count). The molecule has 0 bridgehead atoms. The Morgan fingerprint density at radius 2 is 1.24 bits per heavy atom. The molecular formula is C12H23F3O2. The minimum atomic E-state index is 0. The van der Waals surface area contributed by atoms with Crippen LogP contribution >= 0.6 is 0 Å². The van der Waals surface area contributed by atoms with Gasteiger partial charge in [0.25, 0.3) is 0 Å². The highest BCUT2D eigenvalue weighted by Crippen LogP contribution is 2.06. The van der Waals surface area contributed by atoms with Crippen molar-refractivity contribution in [2.24, 2.45) is 0 Å². The summed E-state index contributed by atoms with van der Waals surface area (Å²) in [5, 5.41) is 0. The van der Waals surface area contributed by atoms with E-state index in [0.717, 1.165) is 25.6 Å². The van der Waals surface area contributed by atoms with Gasteiger partial charge in [-0.1, -0.05) is 18.2 Å². The largest absolute Gasteiger partial charge is 0.494 e. The molecule has 0 aliphatic carbocycles. The van der Waals surface area contributed by atoms with Crippen LogP contribution in [0.5, 0.6) is 5.75 Å². The number of hydrogen-bond donors (Lipinski definition) is 0. The summed E-state index contributed by atoms with van der Waals surface area (Å²) in [6, 6.07) is 9.80. The second kappa shape index (κ2) is 20.2. The van der Waals surface area contributed by atoms with Crippen LogP contribution in [0.25, 0.3) is 0 Å². The predicted octanol–water partition coefficient (Wildman–Crippen LogP) is 3.59. The van der Waals surface area contributed by atoms with E-state index in [-0.39, 0.29) is 14.1 Å². The zero-order chi connectivity index (χ0) is 10.6. The number of halogens is 3. The summed E-state index contributed by atoms with van der Waals surface area (Å²) in [6.07, 6.45) is 0. The highest BCUT2D eigenvalue weighted by Gasteiger charge is 1.83. The van der Waals surface area contributed by atoms with Crippen LogP contribution in [-0.2, 0) is 4.74 Å². The van der Waals surface area contributed by atoms with Gasteiger partial charge in [0.15, 0.2) is 0 Å². The molecule has 0 heterocycles. The normalized spacial score (nSPS) is 7.24. The van der Waals surface area contributed by atoms with Crippen molar-refractivity contribution in [3.8, 4) is 5.75 Å². The number of hydrogen-bond acceptors (Lipinski definition) is 2. The monoisotopic (exact) mass is 256 g/mol. The summed E-state index contributed by atoms with van der Waals surface area (Å²) < 4.78 is 10.0. The first kappa shape index (κ1) is 24.8. The Bertz CT molecular complexity index is 206. The minimum Gasteiger partial charge on any atom is -0.494 e. The summed E-state index contributed by atoms with van der Waals surface area (Å²) in [5.74, 6) is 0.944. The third-order valence-corrected chi connectivity index (χ3v) is 1.46. The molecule has 0 atom stereocenters. The summed E-state index contributed by atoms with van der Waals surface area (Å²) in [5.41, 5.74) is 0. The van der Waals surface area contributed by atoms with E-state index in [1.807, 2.05) is 51.1 Å². The van der Waals surface area contributed by atoms with E-state index < -0.39 is 0 Å². The van der Waals surface area contributed by atoms with Gasteiger partial charge in [-0.25, -0.2) is 0 Å². The molecule has 1 aromatic rings. The SMILES string of the molecule is CCOCC.CCOc1ccccc1.F.F.F. The number of para-hydroxylation sites is 1. The molecule has 0 radical (unpaired) electrons. The van der Waals surface area contributed by atoms with E-state index in [1.54, 1.807) is 0 Å². The lowest BCUT2D eigenvalue weighted by atomic mass is 10.3. The molecule has 0 saturated carbocycles. The zero-order valence-electron chi connectivity index (χ0n) is 10.5. The lowest BCUT2D eigenvalue weighted by Crippen LogP contribution is -1.89. The van der Waals surface area contributed by atoms with Crippen molar-refractivity contribution in [3.05, 3.63) is 30.3 Å². The molecule has 0 N–H and O–H groups in total. The maximum Gasteiger partial charge on any atom is 0.119 e. The maximum absolute atomic E-state index is 5.21. The molecule has 0 aliphatic rings. The third-order valence-electron chi connectivity index (χ3n) is 1.46. The Kier molecular flexibility index (Phi) is 29.5. The van der Waals surface area contributed by atoms with Gasteiger partial charge in [0.1, 0.15) is 5.75 Å². The average Bonchev–Trinajstić information content (AvgIpc) is 2.22. The molecule has 2 nitrogen and oxygen atoms in total. The predicted molar refractivity (Wildman–Crippen MR) is 67.3 cm³/mol. The first-order chi connectivity index (χ1) is 6.85. The van der Waals surface area contributed by atoms with Gasteiger partial charge < -0.3 is 9.47 Å². The van der Waals surface area contributed by atoms with E-state index in [1.165, 1.54) is 0 Å². The van der Waals surface area contributed by atoms with Gasteiger partial charge in [0, 0.05) is 13.2 Å². The zero-order valence-corrected chi connectivity index (χ0v) is 10.5. The Hall–Kier alpha value is -1.23. The maximum atomic E-state index is 5.21. The minimum absolute atomic E-state index is 0. The van der Waals surface area contributed by atoms with Crippen molar-refractivity contribution >= 4 is 0 Å². The second-order valence-corrected chi connectivity index (χ2v) is 2.53. The molecule has 0 amide bonds. The number of rotatable bonds is 4. The molecule has 5 heteroatoms. The van der Waals surface area contributed by atoms with Crippen LogP contribution in [0.3, 0.4) is 0 Å². The van der Waals surface area contributed by atoms with Gasteiger partial charge in [-0.2, -0.15) is 0 Å².